The molecule has 11 heterocycles. The van der Waals surface area contributed by atoms with Gasteiger partial charge in [0.1, 0.15) is 57.5 Å². The number of rotatable bonds is 8. The third-order valence-electron chi connectivity index (χ3n) is 23.3. The number of piperidine rings is 3. The zero-order valence-electron chi connectivity index (χ0n) is 74.0. The molecule has 0 radical (unpaired) electrons. The summed E-state index contributed by atoms with van der Waals surface area (Å²) in [5, 5.41) is 14.5. The number of benzene rings is 6. The molecule has 3 unspecified atom stereocenters. The maximum Gasteiger partial charge on any atom is 0.573 e. The molecule has 8 aliphatic rings. The molecule has 1 saturated carbocycles. The lowest BCUT2D eigenvalue weighted by Crippen LogP contribution is -2.48. The molecule has 18 rings (SSSR count). The summed E-state index contributed by atoms with van der Waals surface area (Å²) in [6.07, 6.45) is 6.40. The average molecular weight is 1950 g/mol. The number of methoxy groups -OCH3 is 1. The van der Waals surface area contributed by atoms with Crippen LogP contribution in [0.5, 0.6) is 17.2 Å². The first-order valence-electron chi connectivity index (χ1n) is 42.9. The number of aryl methyl sites for hydroxylation is 4. The molecule has 0 bridgehead atoms. The van der Waals surface area contributed by atoms with Gasteiger partial charge in [-0.3, -0.25) is 24.8 Å². The maximum atomic E-state index is 12.5. The number of carbonyl (C=O) groups is 3. The van der Waals surface area contributed by atoms with E-state index in [2.05, 4.69) is 71.5 Å². The van der Waals surface area contributed by atoms with E-state index in [0.717, 1.165) is 98.1 Å². The normalized spacial score (nSPS) is 19.3. The topological polar surface area (TPSA) is 216 Å². The predicted molar refractivity (Wildman–Crippen MR) is 493 cm³/mol. The first-order chi connectivity index (χ1) is 61.4. The van der Waals surface area contributed by atoms with Crippen molar-refractivity contribution in [1.29, 1.82) is 0 Å². The van der Waals surface area contributed by atoms with E-state index in [9.17, 15) is 45.8 Å². The number of likely N-dealkylation sites (tertiary alicyclic amines) is 3. The summed E-state index contributed by atoms with van der Waals surface area (Å²) in [5.41, 5.74) is 11.9. The lowest BCUT2D eigenvalue weighted by molar-refractivity contribution is -0.275. The van der Waals surface area contributed by atoms with Gasteiger partial charge in [-0.05, 0) is 261 Å². The zero-order valence-corrected chi connectivity index (χ0v) is 78.6. The van der Waals surface area contributed by atoms with Crippen LogP contribution >= 0.6 is 62.3 Å². The van der Waals surface area contributed by atoms with Crippen LogP contribution in [0.1, 0.15) is 226 Å². The lowest BCUT2D eigenvalue weighted by Gasteiger charge is -2.40. The molecule has 698 valence electrons. The molecule has 10 aromatic rings. The van der Waals surface area contributed by atoms with Crippen molar-refractivity contribution < 1.29 is 88.5 Å². The SMILES string of the molecule is C.CC(C)(C)OC(=O)N1CCC2(CC1)OC(=O)c1cccnc12.COc1ccc(OC(F)(F)F)cc1.Cc1cc(Cl)cc(Br)c1.Cc1cc(Cl)cc(C2(O)OC3(CCN(C(=O)OC(C)(C)C)CC3)c3ncccc32)c1.Cc1cc(Cl)cc(C2OC3(CCCCC3)c3ncccc32)c1.Cc1cc(Cl)cc(C2OC3(CCN(Cc4ccc(OC(F)(F)F)cc4)CC3)c3ncccc32)c1. The monoisotopic (exact) mass is 1950 g/mol. The maximum absolute atomic E-state index is 12.5. The van der Waals surface area contributed by atoms with E-state index in [-0.39, 0.29) is 54.9 Å². The van der Waals surface area contributed by atoms with Crippen molar-refractivity contribution in [2.45, 2.75) is 218 Å². The minimum atomic E-state index is -4.68. The van der Waals surface area contributed by atoms with Crippen molar-refractivity contribution in [2.75, 3.05) is 46.4 Å². The highest BCUT2D eigenvalue weighted by Gasteiger charge is 2.57. The van der Waals surface area contributed by atoms with E-state index in [4.69, 9.17) is 89.5 Å². The Morgan fingerprint density at radius 3 is 1.34 bits per heavy atom. The number of amides is 2. The second kappa shape index (κ2) is 41.5. The molecule has 6 aromatic carbocycles. The molecular formula is C100H108BrCl4F6N7O13. The molecular weight excluding hydrogens is 1840 g/mol. The zero-order chi connectivity index (χ0) is 93.5. The van der Waals surface area contributed by atoms with E-state index in [1.54, 1.807) is 58.6 Å². The fourth-order valence-electron chi connectivity index (χ4n) is 17.7. The third kappa shape index (κ3) is 25.1. The molecule has 20 nitrogen and oxygen atoms in total. The number of esters is 1. The van der Waals surface area contributed by atoms with Crippen molar-refractivity contribution in [3.63, 3.8) is 0 Å². The van der Waals surface area contributed by atoms with Crippen LogP contribution in [0.4, 0.5) is 35.9 Å². The van der Waals surface area contributed by atoms with Crippen LogP contribution in [-0.4, -0.2) is 128 Å². The van der Waals surface area contributed by atoms with Gasteiger partial charge in [-0.1, -0.05) is 131 Å². The van der Waals surface area contributed by atoms with Crippen LogP contribution < -0.4 is 14.2 Å². The smallest absolute Gasteiger partial charge is 0.497 e. The van der Waals surface area contributed by atoms with Crippen LogP contribution in [0.25, 0.3) is 0 Å². The Hall–Kier alpha value is -9.65. The van der Waals surface area contributed by atoms with Gasteiger partial charge >= 0.3 is 30.9 Å². The summed E-state index contributed by atoms with van der Waals surface area (Å²) in [4.78, 5) is 60.5. The molecule has 4 spiro atoms. The predicted octanol–water partition coefficient (Wildman–Crippen LogP) is 25.5. The van der Waals surface area contributed by atoms with Gasteiger partial charge in [0, 0.05) is 143 Å². The van der Waals surface area contributed by atoms with E-state index >= 15 is 0 Å². The lowest BCUT2D eigenvalue weighted by atomic mass is 9.82. The van der Waals surface area contributed by atoms with Gasteiger partial charge in [-0.25, -0.2) is 14.4 Å². The van der Waals surface area contributed by atoms with Crippen molar-refractivity contribution >= 4 is 80.5 Å². The molecule has 31 heteroatoms. The van der Waals surface area contributed by atoms with Gasteiger partial charge in [0.2, 0.25) is 5.79 Å². The van der Waals surface area contributed by atoms with Gasteiger partial charge in [0.05, 0.1) is 35.4 Å². The number of ether oxygens (including phenoxy) is 9. The molecule has 131 heavy (non-hydrogen) atoms. The average Bonchev–Trinajstić information content (AvgIpc) is 1.55. The van der Waals surface area contributed by atoms with E-state index in [0.29, 0.717) is 102 Å². The minimum Gasteiger partial charge on any atom is -0.497 e. The van der Waals surface area contributed by atoms with Crippen LogP contribution in [0.2, 0.25) is 20.1 Å². The Labute approximate surface area is 789 Å². The molecule has 7 aliphatic heterocycles. The first kappa shape index (κ1) is 100. The van der Waals surface area contributed by atoms with Crippen molar-refractivity contribution in [1.82, 2.24) is 34.6 Å². The summed E-state index contributed by atoms with van der Waals surface area (Å²) >= 11 is 27.9. The molecule has 2 amide bonds. The van der Waals surface area contributed by atoms with E-state index < -0.39 is 46.5 Å². The molecule has 4 aromatic heterocycles. The second-order valence-electron chi connectivity index (χ2n) is 35.6. The van der Waals surface area contributed by atoms with Gasteiger partial charge in [-0.15, -0.1) is 26.3 Å². The summed E-state index contributed by atoms with van der Waals surface area (Å²) in [6.45, 7) is 23.2. The Morgan fingerprint density at radius 2 is 0.885 bits per heavy atom. The van der Waals surface area contributed by atoms with Crippen LogP contribution in [0, 0.1) is 27.7 Å². The number of hydrogen-bond acceptors (Lipinski definition) is 18. The Kier molecular flexibility index (Phi) is 31.8. The highest BCUT2D eigenvalue weighted by molar-refractivity contribution is 9.10. The second-order valence-corrected chi connectivity index (χ2v) is 38.2. The summed E-state index contributed by atoms with van der Waals surface area (Å²) < 4.78 is 122. The Morgan fingerprint density at radius 1 is 0.481 bits per heavy atom. The fourth-order valence-corrected chi connectivity index (χ4v) is 19.6. The first-order valence-corrected chi connectivity index (χ1v) is 45.2. The molecule has 1 aliphatic carbocycles. The van der Waals surface area contributed by atoms with Gasteiger partial charge in [0.15, 0.2) is 5.60 Å². The number of halogens is 11. The minimum absolute atomic E-state index is 0. The Balaban J connectivity index is 0.000000148. The summed E-state index contributed by atoms with van der Waals surface area (Å²) in [6, 6.07) is 49.9. The molecule has 4 fully saturated rings. The number of nitrogens with zero attached hydrogens (tertiary/aromatic N) is 7. The quantitative estimate of drug-likeness (QED) is 0.0850. The number of alkyl halides is 6. The summed E-state index contributed by atoms with van der Waals surface area (Å²) in [7, 11) is 1.43. The number of carbonyl (C=O) groups excluding carboxylic acids is 3. The highest BCUT2D eigenvalue weighted by Crippen LogP contribution is 2.56. The number of aromatic nitrogens is 4. The molecule has 3 atom stereocenters. The van der Waals surface area contributed by atoms with Gasteiger partial charge < -0.3 is 57.5 Å². The number of aliphatic hydroxyl groups is 1. The standard InChI is InChI=1S/C26H24ClF3N2O2.C23H27ClN2O4.C19H20ClNO.C16H20N2O4.C8H7F3O2.C7H6BrCl.CH4/c1-17-13-19(15-20(27)14-17)23-22-3-2-10-31-24(22)25(34-23)8-11-32(12-9-25)16-18-4-6-21(7-5-18)33-26(28,29)30;1-15-12-16(14-17(24)13-15)23(28)18-6-5-9-25-19(18)22(30-23)7-10-26(11-8-22)20(27)29-21(2,3)4;1-13-10-14(12-15(20)11-13)17-16-6-5-9-21-18(16)19(22-17)7-3-2-4-8-19;1-15(2,3)22-14(20)18-9-6-16(7-10-18)12-11(13(19)21-16)5-4-8-17-12;1-12-6-2-4-7(5-3-6)13-8(9,10)11;1-5-2-6(8)4-7(9)3-5;/h2-7,10,13-15,23H,8-9,11-12,16H2,1H3;5-6,9,12-14,28H,7-8,10-11H2,1-4H3;5-6,9-12,17H,2-4,7-8H2,1H3;4-5,8H,6-7,9-10H2,1-3H3;2-5H,1H3;2-4H,1H3;1H4. The van der Waals surface area contributed by atoms with Gasteiger partial charge in [0.25, 0.3) is 0 Å². The van der Waals surface area contributed by atoms with E-state index in [1.165, 1.54) is 79.5 Å². The van der Waals surface area contributed by atoms with Crippen molar-refractivity contribution in [3.8, 4) is 17.2 Å². The van der Waals surface area contributed by atoms with Crippen LogP contribution in [0.15, 0.2) is 199 Å². The summed E-state index contributed by atoms with van der Waals surface area (Å²) in [5.74, 6) is -1.96. The largest absolute Gasteiger partial charge is 0.573 e. The third-order valence-corrected chi connectivity index (χ3v) is 24.6. The number of pyridine rings is 4. The fraction of sp³-hybridized carbons (Fsp3) is 0.410. The van der Waals surface area contributed by atoms with Crippen LogP contribution in [-0.2, 0) is 63.2 Å². The molecule has 3 saturated heterocycles. The highest BCUT2D eigenvalue weighted by atomic mass is 79.9. The Bertz CT molecular complexity index is 5550. The van der Waals surface area contributed by atoms with Gasteiger partial charge in [-0.2, -0.15) is 0 Å². The van der Waals surface area contributed by atoms with Crippen molar-refractivity contribution in [3.05, 3.63) is 309 Å². The van der Waals surface area contributed by atoms with Crippen LogP contribution in [0.3, 0.4) is 0 Å². The van der Waals surface area contributed by atoms with E-state index in [1.807, 2.05) is 148 Å². The number of fused-ring (bicyclic) bond motifs is 8. The van der Waals surface area contributed by atoms with Crippen molar-refractivity contribution in [2.24, 2.45) is 0 Å². The number of hydrogen-bond donors (Lipinski definition) is 1. The molecule has 1 N–H and O–H groups in total.